The van der Waals surface area contributed by atoms with Crippen molar-refractivity contribution in [3.8, 4) is 0 Å². The van der Waals surface area contributed by atoms with E-state index in [4.69, 9.17) is 4.74 Å². The summed E-state index contributed by atoms with van der Waals surface area (Å²) in [6.07, 6.45) is 0. The van der Waals surface area contributed by atoms with Gasteiger partial charge in [0.15, 0.2) is 5.69 Å². The van der Waals surface area contributed by atoms with Crippen LogP contribution in [0.3, 0.4) is 0 Å². The van der Waals surface area contributed by atoms with Crippen molar-refractivity contribution in [1.82, 2.24) is 4.98 Å². The third-order valence-corrected chi connectivity index (χ3v) is 2.47. The molecule has 0 bridgehead atoms. The smallest absolute Gasteiger partial charge is 0.360 e. The lowest BCUT2D eigenvalue weighted by Crippen LogP contribution is -2.08. The molecule has 1 aromatic heterocycles. The second-order valence-corrected chi connectivity index (χ2v) is 3.86. The first-order valence-electron chi connectivity index (χ1n) is 4.57. The number of hydrogen-bond donors (Lipinski definition) is 1. The average molecular weight is 214 g/mol. The zero-order valence-electron chi connectivity index (χ0n) is 8.59. The van der Waals surface area contributed by atoms with Gasteiger partial charge in [-0.2, -0.15) is 0 Å². The first-order valence-corrected chi connectivity index (χ1v) is 5.39. The van der Waals surface area contributed by atoms with Crippen LogP contribution in [0.4, 0.5) is 5.00 Å². The van der Waals surface area contributed by atoms with Crippen LogP contribution in [0.1, 0.15) is 29.3 Å². The molecule has 5 heteroatoms. The van der Waals surface area contributed by atoms with E-state index in [1.54, 1.807) is 6.92 Å². The molecule has 0 radical (unpaired) electrons. The highest BCUT2D eigenvalue weighted by Crippen LogP contribution is 2.24. The molecule has 0 aliphatic rings. The van der Waals surface area contributed by atoms with Gasteiger partial charge in [0, 0.05) is 6.54 Å². The fourth-order valence-corrected chi connectivity index (χ4v) is 1.92. The summed E-state index contributed by atoms with van der Waals surface area (Å²) in [6.45, 7) is 6.78. The van der Waals surface area contributed by atoms with Gasteiger partial charge in [-0.1, -0.05) is 0 Å². The number of aryl methyl sites for hydroxylation is 1. The fourth-order valence-electron chi connectivity index (χ4n) is 1.05. The molecular weight excluding hydrogens is 200 g/mol. The van der Waals surface area contributed by atoms with Crippen molar-refractivity contribution in [3.05, 3.63) is 10.7 Å². The number of carbonyl (C=O) groups excluding carboxylic acids is 1. The molecule has 0 amide bonds. The third-order valence-electron chi connectivity index (χ3n) is 1.54. The number of hydrogen-bond acceptors (Lipinski definition) is 5. The Labute approximate surface area is 87.3 Å². The maximum Gasteiger partial charge on any atom is 0.360 e. The van der Waals surface area contributed by atoms with Crippen LogP contribution in [-0.2, 0) is 4.74 Å². The van der Waals surface area contributed by atoms with Gasteiger partial charge in [-0.3, -0.25) is 0 Å². The van der Waals surface area contributed by atoms with Crippen molar-refractivity contribution in [2.45, 2.75) is 20.8 Å². The van der Waals surface area contributed by atoms with E-state index in [9.17, 15) is 4.79 Å². The largest absolute Gasteiger partial charge is 0.461 e. The number of aromatic nitrogens is 1. The number of rotatable bonds is 4. The summed E-state index contributed by atoms with van der Waals surface area (Å²) in [5, 5.41) is 4.75. The van der Waals surface area contributed by atoms with Gasteiger partial charge in [-0.15, -0.1) is 11.3 Å². The van der Waals surface area contributed by atoms with Crippen LogP contribution in [0.15, 0.2) is 0 Å². The quantitative estimate of drug-likeness (QED) is 0.779. The molecule has 0 atom stereocenters. The van der Waals surface area contributed by atoms with Crippen LogP contribution < -0.4 is 5.32 Å². The van der Waals surface area contributed by atoms with Crippen LogP contribution in [-0.4, -0.2) is 24.1 Å². The van der Waals surface area contributed by atoms with Crippen molar-refractivity contribution in [1.29, 1.82) is 0 Å². The normalized spacial score (nSPS) is 9.93. The Balaban J connectivity index is 2.88. The molecular formula is C9H14N2O2S. The van der Waals surface area contributed by atoms with Crippen LogP contribution >= 0.6 is 11.3 Å². The van der Waals surface area contributed by atoms with Gasteiger partial charge < -0.3 is 10.1 Å². The molecule has 0 fully saturated rings. The van der Waals surface area contributed by atoms with E-state index < -0.39 is 0 Å². The molecule has 1 N–H and O–H groups in total. The SMILES string of the molecule is CCNc1sc(C)nc1C(=O)OCC. The van der Waals surface area contributed by atoms with Crippen molar-refractivity contribution in [2.24, 2.45) is 0 Å². The Morgan fingerprint density at radius 1 is 1.57 bits per heavy atom. The zero-order chi connectivity index (χ0) is 10.6. The van der Waals surface area contributed by atoms with Gasteiger partial charge >= 0.3 is 5.97 Å². The maximum absolute atomic E-state index is 11.4. The summed E-state index contributed by atoms with van der Waals surface area (Å²) < 4.78 is 4.89. The van der Waals surface area contributed by atoms with Crippen LogP contribution in [0.2, 0.25) is 0 Å². The molecule has 0 aromatic carbocycles. The topological polar surface area (TPSA) is 51.2 Å². The standard InChI is InChI=1S/C9H14N2O2S/c1-4-10-8-7(9(12)13-5-2)11-6(3)14-8/h10H,4-5H2,1-3H3. The van der Waals surface area contributed by atoms with Gasteiger partial charge in [-0.05, 0) is 20.8 Å². The van der Waals surface area contributed by atoms with E-state index in [0.717, 1.165) is 16.6 Å². The predicted molar refractivity (Wildman–Crippen MR) is 57.0 cm³/mol. The molecule has 0 unspecified atom stereocenters. The van der Waals surface area contributed by atoms with Gasteiger partial charge in [0.25, 0.3) is 0 Å². The molecule has 14 heavy (non-hydrogen) atoms. The molecule has 78 valence electrons. The predicted octanol–water partition coefficient (Wildman–Crippen LogP) is 2.06. The van der Waals surface area contributed by atoms with Crippen LogP contribution in [0.5, 0.6) is 0 Å². The lowest BCUT2D eigenvalue weighted by Gasteiger charge is -2.02. The van der Waals surface area contributed by atoms with Crippen molar-refractivity contribution in [2.75, 3.05) is 18.5 Å². The Kier molecular flexibility index (Phi) is 3.88. The van der Waals surface area contributed by atoms with Gasteiger partial charge in [-0.25, -0.2) is 9.78 Å². The van der Waals surface area contributed by atoms with Gasteiger partial charge in [0.05, 0.1) is 11.6 Å². The molecule has 0 saturated carbocycles. The molecule has 0 saturated heterocycles. The minimum atomic E-state index is -0.354. The lowest BCUT2D eigenvalue weighted by molar-refractivity contribution is 0.0521. The maximum atomic E-state index is 11.4. The van der Waals surface area contributed by atoms with E-state index in [1.807, 2.05) is 13.8 Å². The number of nitrogens with one attached hydrogen (secondary N) is 1. The number of carbonyl (C=O) groups is 1. The number of thiazole rings is 1. The van der Waals surface area contributed by atoms with E-state index >= 15 is 0 Å². The van der Waals surface area contributed by atoms with Crippen LogP contribution in [0.25, 0.3) is 0 Å². The monoisotopic (exact) mass is 214 g/mol. The number of nitrogens with zero attached hydrogens (tertiary/aromatic N) is 1. The van der Waals surface area contributed by atoms with Gasteiger partial charge in [0.2, 0.25) is 0 Å². The molecule has 1 heterocycles. The van der Waals surface area contributed by atoms with Crippen molar-refractivity contribution >= 4 is 22.3 Å². The second kappa shape index (κ2) is 4.95. The van der Waals surface area contributed by atoms with E-state index in [2.05, 4.69) is 10.3 Å². The highest BCUT2D eigenvalue weighted by molar-refractivity contribution is 7.16. The highest BCUT2D eigenvalue weighted by Gasteiger charge is 2.17. The van der Waals surface area contributed by atoms with E-state index in [0.29, 0.717) is 12.3 Å². The van der Waals surface area contributed by atoms with E-state index in [1.165, 1.54) is 11.3 Å². The summed E-state index contributed by atoms with van der Waals surface area (Å²) in [5.41, 5.74) is 0.399. The van der Waals surface area contributed by atoms with Gasteiger partial charge in [0.1, 0.15) is 5.00 Å². The molecule has 1 rings (SSSR count). The Morgan fingerprint density at radius 3 is 2.86 bits per heavy atom. The summed E-state index contributed by atoms with van der Waals surface area (Å²) in [7, 11) is 0. The zero-order valence-corrected chi connectivity index (χ0v) is 9.40. The van der Waals surface area contributed by atoms with E-state index in [-0.39, 0.29) is 5.97 Å². The number of anilines is 1. The molecule has 1 aromatic rings. The summed E-state index contributed by atoms with van der Waals surface area (Å²) >= 11 is 1.47. The minimum Gasteiger partial charge on any atom is -0.461 e. The van der Waals surface area contributed by atoms with Crippen molar-refractivity contribution in [3.63, 3.8) is 0 Å². The Hall–Kier alpha value is -1.10. The summed E-state index contributed by atoms with van der Waals surface area (Å²) in [4.78, 5) is 15.6. The first-order chi connectivity index (χ1) is 6.69. The number of esters is 1. The highest BCUT2D eigenvalue weighted by atomic mass is 32.1. The Morgan fingerprint density at radius 2 is 2.29 bits per heavy atom. The third kappa shape index (κ3) is 2.45. The van der Waals surface area contributed by atoms with Crippen LogP contribution in [0, 0.1) is 6.92 Å². The Bertz CT molecular complexity index is 323. The first kappa shape index (κ1) is 11.0. The lowest BCUT2D eigenvalue weighted by atomic mass is 10.4. The number of ether oxygens (including phenoxy) is 1. The van der Waals surface area contributed by atoms with Crippen molar-refractivity contribution < 1.29 is 9.53 Å². The fraction of sp³-hybridized carbons (Fsp3) is 0.556. The molecule has 0 aliphatic carbocycles. The second-order valence-electron chi connectivity index (χ2n) is 2.66. The summed E-state index contributed by atoms with van der Waals surface area (Å²) in [5.74, 6) is -0.354. The molecule has 0 aliphatic heterocycles. The average Bonchev–Trinajstić information content (AvgIpc) is 2.48. The molecule has 0 spiro atoms. The molecule has 4 nitrogen and oxygen atoms in total. The minimum absolute atomic E-state index is 0.354. The summed E-state index contributed by atoms with van der Waals surface area (Å²) in [6, 6.07) is 0.